The molecular weight excluding hydrogens is 262 g/mol. The monoisotopic (exact) mass is 283 g/mol. The number of rotatable bonds is 5. The van der Waals surface area contributed by atoms with Gasteiger partial charge in [0, 0.05) is 19.2 Å². The number of ether oxygens (including phenoxy) is 1. The fraction of sp³-hybridized carbons (Fsp3) is 0.278. The van der Waals surface area contributed by atoms with Crippen LogP contribution < -0.4 is 4.74 Å². The first-order valence-electron chi connectivity index (χ1n) is 7.14. The molecule has 0 spiro atoms. The summed E-state index contributed by atoms with van der Waals surface area (Å²) in [5, 5.41) is 0. The van der Waals surface area contributed by atoms with Gasteiger partial charge in [0.2, 0.25) is 0 Å². The summed E-state index contributed by atoms with van der Waals surface area (Å²) in [5.74, 6) is 0.899. The number of amides is 1. The third-order valence-corrected chi connectivity index (χ3v) is 3.38. The Labute approximate surface area is 126 Å². The van der Waals surface area contributed by atoms with E-state index in [2.05, 4.69) is 0 Å². The molecule has 0 saturated heterocycles. The number of carbonyl (C=O) groups excluding carboxylic acids is 1. The Kier molecular flexibility index (Phi) is 4.99. The van der Waals surface area contributed by atoms with E-state index in [0.717, 1.165) is 22.4 Å². The van der Waals surface area contributed by atoms with Crippen molar-refractivity contribution in [1.29, 1.82) is 0 Å². The highest BCUT2D eigenvalue weighted by molar-refractivity contribution is 5.95. The third kappa shape index (κ3) is 3.85. The van der Waals surface area contributed by atoms with Crippen molar-refractivity contribution in [3.05, 3.63) is 65.2 Å². The van der Waals surface area contributed by atoms with Crippen LogP contribution in [0.4, 0.5) is 0 Å². The summed E-state index contributed by atoms with van der Waals surface area (Å²) in [5.41, 5.74) is 2.84. The number of hydrogen-bond donors (Lipinski definition) is 0. The van der Waals surface area contributed by atoms with Gasteiger partial charge in [0.1, 0.15) is 5.75 Å². The molecule has 2 rings (SSSR count). The van der Waals surface area contributed by atoms with Crippen molar-refractivity contribution in [2.24, 2.45) is 0 Å². The molecule has 2 aromatic rings. The lowest BCUT2D eigenvalue weighted by molar-refractivity contribution is 0.0784. The minimum atomic E-state index is 0.0435. The molecular formula is C18H21NO2. The summed E-state index contributed by atoms with van der Waals surface area (Å²) < 4.78 is 5.42. The van der Waals surface area contributed by atoms with Crippen LogP contribution in [0.1, 0.15) is 28.4 Å². The first-order chi connectivity index (χ1) is 10.1. The van der Waals surface area contributed by atoms with E-state index >= 15 is 0 Å². The summed E-state index contributed by atoms with van der Waals surface area (Å²) in [6.45, 7) is 5.16. The van der Waals surface area contributed by atoms with Gasteiger partial charge in [0.05, 0.1) is 6.61 Å². The lowest BCUT2D eigenvalue weighted by Gasteiger charge is -2.18. The van der Waals surface area contributed by atoms with Crippen LogP contribution in [0.15, 0.2) is 48.5 Å². The fourth-order valence-electron chi connectivity index (χ4n) is 2.22. The molecule has 0 bridgehead atoms. The molecule has 3 nitrogen and oxygen atoms in total. The minimum absolute atomic E-state index is 0.0435. The predicted octanol–water partition coefficient (Wildman–Crippen LogP) is 3.67. The molecule has 1 amide bonds. The van der Waals surface area contributed by atoms with Crippen molar-refractivity contribution < 1.29 is 9.53 Å². The third-order valence-electron chi connectivity index (χ3n) is 3.38. The Bertz CT molecular complexity index is 605. The number of aryl methyl sites for hydroxylation is 1. The zero-order valence-electron chi connectivity index (χ0n) is 12.8. The molecule has 3 heteroatoms. The van der Waals surface area contributed by atoms with Gasteiger partial charge in [-0.15, -0.1) is 0 Å². The minimum Gasteiger partial charge on any atom is -0.494 e. The molecule has 0 unspecified atom stereocenters. The van der Waals surface area contributed by atoms with E-state index in [9.17, 15) is 4.79 Å². The van der Waals surface area contributed by atoms with Crippen molar-refractivity contribution in [2.45, 2.75) is 20.4 Å². The highest BCUT2D eigenvalue weighted by Crippen LogP contribution is 2.15. The van der Waals surface area contributed by atoms with Crippen molar-refractivity contribution >= 4 is 5.91 Å². The van der Waals surface area contributed by atoms with Crippen LogP contribution in [0, 0.1) is 6.92 Å². The highest BCUT2D eigenvalue weighted by Gasteiger charge is 2.13. The number of hydrogen-bond acceptors (Lipinski definition) is 2. The maximum Gasteiger partial charge on any atom is 0.254 e. The van der Waals surface area contributed by atoms with Gasteiger partial charge in [-0.25, -0.2) is 0 Å². The highest BCUT2D eigenvalue weighted by atomic mass is 16.5. The van der Waals surface area contributed by atoms with Gasteiger partial charge in [-0.3, -0.25) is 4.79 Å². The summed E-state index contributed by atoms with van der Waals surface area (Å²) in [4.78, 5) is 14.2. The van der Waals surface area contributed by atoms with Crippen LogP contribution in [0.2, 0.25) is 0 Å². The van der Waals surface area contributed by atoms with Crippen molar-refractivity contribution in [3.8, 4) is 5.75 Å². The SMILES string of the molecule is CCOc1ccc(CN(C)C(=O)c2ccccc2C)cc1. The number of benzene rings is 2. The first kappa shape index (κ1) is 15.1. The van der Waals surface area contributed by atoms with Crippen LogP contribution in [-0.2, 0) is 6.54 Å². The Morgan fingerprint density at radius 3 is 2.38 bits per heavy atom. The summed E-state index contributed by atoms with van der Waals surface area (Å²) in [7, 11) is 1.82. The van der Waals surface area contributed by atoms with Gasteiger partial charge >= 0.3 is 0 Å². The first-order valence-corrected chi connectivity index (χ1v) is 7.14. The number of nitrogens with zero attached hydrogens (tertiary/aromatic N) is 1. The fourth-order valence-corrected chi connectivity index (χ4v) is 2.22. The number of carbonyl (C=O) groups is 1. The van der Waals surface area contributed by atoms with E-state index in [1.165, 1.54) is 0 Å². The summed E-state index contributed by atoms with van der Waals surface area (Å²) in [6, 6.07) is 15.5. The van der Waals surface area contributed by atoms with E-state index < -0.39 is 0 Å². The van der Waals surface area contributed by atoms with E-state index in [1.807, 2.05) is 69.4 Å². The summed E-state index contributed by atoms with van der Waals surface area (Å²) in [6.07, 6.45) is 0. The van der Waals surface area contributed by atoms with E-state index in [1.54, 1.807) is 4.90 Å². The Morgan fingerprint density at radius 1 is 1.10 bits per heavy atom. The lowest BCUT2D eigenvalue weighted by Crippen LogP contribution is -2.26. The van der Waals surface area contributed by atoms with Gasteiger partial charge in [0.25, 0.3) is 5.91 Å². The van der Waals surface area contributed by atoms with Crippen molar-refractivity contribution in [2.75, 3.05) is 13.7 Å². The maximum absolute atomic E-state index is 12.4. The van der Waals surface area contributed by atoms with Gasteiger partial charge in [-0.2, -0.15) is 0 Å². The van der Waals surface area contributed by atoms with Gasteiger partial charge in [-0.1, -0.05) is 30.3 Å². The molecule has 0 radical (unpaired) electrons. The maximum atomic E-state index is 12.4. The lowest BCUT2D eigenvalue weighted by atomic mass is 10.1. The molecule has 0 N–H and O–H groups in total. The molecule has 21 heavy (non-hydrogen) atoms. The zero-order valence-corrected chi connectivity index (χ0v) is 12.8. The largest absolute Gasteiger partial charge is 0.494 e. The second-order valence-electron chi connectivity index (χ2n) is 5.05. The van der Waals surface area contributed by atoms with E-state index in [4.69, 9.17) is 4.74 Å². The Morgan fingerprint density at radius 2 is 1.76 bits per heavy atom. The molecule has 110 valence electrons. The van der Waals surface area contributed by atoms with Crippen molar-refractivity contribution in [3.63, 3.8) is 0 Å². The molecule has 0 aromatic heterocycles. The van der Waals surface area contributed by atoms with Crippen LogP contribution >= 0.6 is 0 Å². The molecule has 0 fully saturated rings. The zero-order chi connectivity index (χ0) is 15.2. The second kappa shape index (κ2) is 6.93. The topological polar surface area (TPSA) is 29.5 Å². The second-order valence-corrected chi connectivity index (χ2v) is 5.05. The van der Waals surface area contributed by atoms with E-state index in [0.29, 0.717) is 13.2 Å². The van der Waals surface area contributed by atoms with Gasteiger partial charge in [-0.05, 0) is 43.2 Å². The van der Waals surface area contributed by atoms with Gasteiger partial charge < -0.3 is 9.64 Å². The van der Waals surface area contributed by atoms with Crippen LogP contribution in [0.25, 0.3) is 0 Å². The molecule has 0 heterocycles. The average Bonchev–Trinajstić information content (AvgIpc) is 2.49. The quantitative estimate of drug-likeness (QED) is 0.838. The normalized spacial score (nSPS) is 10.2. The molecule has 0 saturated carbocycles. The van der Waals surface area contributed by atoms with Crippen LogP contribution in [0.5, 0.6) is 5.75 Å². The molecule has 0 aliphatic carbocycles. The standard InChI is InChI=1S/C18H21NO2/c1-4-21-16-11-9-15(10-12-16)13-19(3)18(20)17-8-6-5-7-14(17)2/h5-12H,4,13H2,1-3H3. The van der Waals surface area contributed by atoms with E-state index in [-0.39, 0.29) is 5.91 Å². The Balaban J connectivity index is 2.05. The summed E-state index contributed by atoms with van der Waals surface area (Å²) >= 11 is 0. The van der Waals surface area contributed by atoms with Crippen LogP contribution in [-0.4, -0.2) is 24.5 Å². The van der Waals surface area contributed by atoms with Gasteiger partial charge in [0.15, 0.2) is 0 Å². The smallest absolute Gasteiger partial charge is 0.254 e. The predicted molar refractivity (Wildman–Crippen MR) is 84.6 cm³/mol. The molecule has 0 aliphatic heterocycles. The van der Waals surface area contributed by atoms with Crippen LogP contribution in [0.3, 0.4) is 0 Å². The molecule has 2 aromatic carbocycles. The van der Waals surface area contributed by atoms with Crippen molar-refractivity contribution in [1.82, 2.24) is 4.90 Å². The molecule has 0 aliphatic rings. The average molecular weight is 283 g/mol. The molecule has 0 atom stereocenters. The Hall–Kier alpha value is -2.29.